The van der Waals surface area contributed by atoms with Crippen LogP contribution in [0, 0.1) is 0 Å². The molecule has 0 bridgehead atoms. The van der Waals surface area contributed by atoms with Crippen LogP contribution in [0.2, 0.25) is 0 Å². The number of ether oxygens (including phenoxy) is 1. The molecule has 0 unspecified atom stereocenters. The van der Waals surface area contributed by atoms with Crippen molar-refractivity contribution in [2.24, 2.45) is 0 Å². The van der Waals surface area contributed by atoms with E-state index in [1.807, 2.05) is 36.4 Å². The number of aromatic nitrogens is 1. The summed E-state index contributed by atoms with van der Waals surface area (Å²) in [5.74, 6) is 0.0396. The standard InChI is InChI=1S/C34H34F3N3O4S2/c1-22(41)23-6-10-26(11-7-23)40-18-16-39(17-19-40)20-29-30(46-31(38-29)24-4-8-25(9-5-24)34(35,36)37)21-45-28-14-12-27(13-15-28)44-33(2,3)32(42)43/h4-15H,16-21H2,1-3H3,(H,42,43). The summed E-state index contributed by atoms with van der Waals surface area (Å²) in [6, 6.07) is 20.0. The van der Waals surface area contributed by atoms with Crippen LogP contribution >= 0.6 is 23.1 Å². The second-order valence-corrected chi connectivity index (χ2v) is 13.6. The predicted octanol–water partition coefficient (Wildman–Crippen LogP) is 7.89. The van der Waals surface area contributed by atoms with Gasteiger partial charge < -0.3 is 14.7 Å². The van der Waals surface area contributed by atoms with Gasteiger partial charge in [0, 0.05) is 65.1 Å². The summed E-state index contributed by atoms with van der Waals surface area (Å²) in [5.41, 5.74) is 1.24. The van der Waals surface area contributed by atoms with Crippen molar-refractivity contribution in [2.45, 2.75) is 49.7 Å². The van der Waals surface area contributed by atoms with Crippen LogP contribution < -0.4 is 9.64 Å². The van der Waals surface area contributed by atoms with Gasteiger partial charge in [-0.15, -0.1) is 23.1 Å². The average Bonchev–Trinajstić information content (AvgIpc) is 3.43. The Balaban J connectivity index is 1.29. The summed E-state index contributed by atoms with van der Waals surface area (Å²) in [4.78, 5) is 34.6. The van der Waals surface area contributed by atoms with Crippen LogP contribution in [0.15, 0.2) is 77.7 Å². The molecule has 1 aliphatic heterocycles. The Labute approximate surface area is 274 Å². The number of piperazine rings is 1. The molecule has 0 radical (unpaired) electrons. The quantitative estimate of drug-likeness (QED) is 0.128. The van der Waals surface area contributed by atoms with E-state index in [4.69, 9.17) is 9.72 Å². The number of halogens is 3. The molecule has 12 heteroatoms. The molecule has 242 valence electrons. The number of hydrogen-bond donors (Lipinski definition) is 1. The molecule has 1 aliphatic rings. The summed E-state index contributed by atoms with van der Waals surface area (Å²) in [6.45, 7) is 8.39. The van der Waals surface area contributed by atoms with Gasteiger partial charge >= 0.3 is 12.1 Å². The first-order chi connectivity index (χ1) is 21.8. The zero-order valence-electron chi connectivity index (χ0n) is 25.6. The van der Waals surface area contributed by atoms with Gasteiger partial charge in [0.2, 0.25) is 0 Å². The number of nitrogens with zero attached hydrogens (tertiary/aromatic N) is 3. The minimum atomic E-state index is -4.41. The third-order valence-electron chi connectivity index (χ3n) is 7.70. The lowest BCUT2D eigenvalue weighted by atomic mass is 10.1. The van der Waals surface area contributed by atoms with Gasteiger partial charge in [0.1, 0.15) is 10.8 Å². The van der Waals surface area contributed by atoms with Gasteiger partial charge in [0.15, 0.2) is 11.4 Å². The number of rotatable bonds is 11. The fourth-order valence-electron chi connectivity index (χ4n) is 4.92. The zero-order chi connectivity index (χ0) is 33.1. The fourth-order valence-corrected chi connectivity index (χ4v) is 7.00. The van der Waals surface area contributed by atoms with Gasteiger partial charge in [-0.05, 0) is 81.4 Å². The van der Waals surface area contributed by atoms with E-state index in [9.17, 15) is 27.9 Å². The van der Waals surface area contributed by atoms with Gasteiger partial charge in [0.05, 0.1) is 11.3 Å². The number of benzene rings is 3. The Hall–Kier alpha value is -3.87. The second-order valence-electron chi connectivity index (χ2n) is 11.5. The smallest absolute Gasteiger partial charge is 0.416 e. The monoisotopic (exact) mass is 669 g/mol. The molecular weight excluding hydrogens is 636 g/mol. The van der Waals surface area contributed by atoms with Gasteiger partial charge in [-0.1, -0.05) is 12.1 Å². The first kappa shape index (κ1) is 33.5. The summed E-state index contributed by atoms with van der Waals surface area (Å²) >= 11 is 3.08. The molecule has 46 heavy (non-hydrogen) atoms. The highest BCUT2D eigenvalue weighted by molar-refractivity contribution is 7.98. The maximum Gasteiger partial charge on any atom is 0.416 e. The Bertz CT molecular complexity index is 1660. The second kappa shape index (κ2) is 13.9. The number of hydrogen-bond acceptors (Lipinski definition) is 8. The third kappa shape index (κ3) is 8.28. The number of alkyl halides is 3. The summed E-state index contributed by atoms with van der Waals surface area (Å²) < 4.78 is 45.1. The molecule has 7 nitrogen and oxygen atoms in total. The van der Waals surface area contributed by atoms with Crippen LogP contribution in [0.5, 0.6) is 5.75 Å². The molecule has 3 aromatic carbocycles. The number of thiazole rings is 1. The van der Waals surface area contributed by atoms with E-state index in [0.717, 1.165) is 59.5 Å². The van der Waals surface area contributed by atoms with E-state index in [1.165, 1.54) is 37.3 Å². The zero-order valence-corrected chi connectivity index (χ0v) is 27.3. The number of aliphatic carboxylic acids is 1. The summed E-state index contributed by atoms with van der Waals surface area (Å²) in [6.07, 6.45) is -4.41. The lowest BCUT2D eigenvalue weighted by Gasteiger charge is -2.36. The maximum atomic E-state index is 13.2. The Morgan fingerprint density at radius 2 is 1.57 bits per heavy atom. The topological polar surface area (TPSA) is 83.0 Å². The number of Topliss-reactive ketones (excluding diaryl/α,β-unsaturated/α-hetero) is 1. The SMILES string of the molecule is CC(=O)c1ccc(N2CCN(Cc3nc(-c4ccc(C(F)(F)F)cc4)sc3CSc3ccc(OC(C)(C)C(=O)O)cc3)CC2)cc1. The van der Waals surface area contributed by atoms with Crippen molar-refractivity contribution in [1.29, 1.82) is 0 Å². The third-order valence-corrected chi connectivity index (χ3v) is 10.1. The Kier molecular flexibility index (Phi) is 10.1. The van der Waals surface area contributed by atoms with Crippen LogP contribution in [0.25, 0.3) is 10.6 Å². The van der Waals surface area contributed by atoms with Crippen LogP contribution in [0.4, 0.5) is 18.9 Å². The molecule has 0 amide bonds. The largest absolute Gasteiger partial charge is 0.478 e. The van der Waals surface area contributed by atoms with Crippen LogP contribution in [0.1, 0.15) is 47.3 Å². The van der Waals surface area contributed by atoms with Crippen LogP contribution in [0.3, 0.4) is 0 Å². The average molecular weight is 670 g/mol. The Morgan fingerprint density at radius 1 is 0.935 bits per heavy atom. The summed E-state index contributed by atoms with van der Waals surface area (Å²) in [5, 5.41) is 10.0. The van der Waals surface area contributed by atoms with Crippen molar-refractivity contribution in [3.05, 3.63) is 94.5 Å². The molecular formula is C34H34F3N3O4S2. The number of thioether (sulfide) groups is 1. The van der Waals surface area contributed by atoms with Crippen molar-refractivity contribution in [1.82, 2.24) is 9.88 Å². The van der Waals surface area contributed by atoms with E-state index in [2.05, 4.69) is 9.80 Å². The minimum Gasteiger partial charge on any atom is -0.478 e. The van der Waals surface area contributed by atoms with E-state index in [0.29, 0.717) is 34.2 Å². The van der Waals surface area contributed by atoms with Gasteiger partial charge in [-0.3, -0.25) is 9.69 Å². The lowest BCUT2D eigenvalue weighted by Crippen LogP contribution is -2.46. The molecule has 0 spiro atoms. The molecule has 2 heterocycles. The predicted molar refractivity (Wildman–Crippen MR) is 175 cm³/mol. The normalized spacial score (nSPS) is 14.3. The molecule has 1 fully saturated rings. The van der Waals surface area contributed by atoms with Crippen molar-refractivity contribution in [2.75, 3.05) is 31.1 Å². The highest BCUT2D eigenvalue weighted by Gasteiger charge is 2.31. The molecule has 0 atom stereocenters. The van der Waals surface area contributed by atoms with Crippen molar-refractivity contribution in [3.8, 4) is 16.3 Å². The highest BCUT2D eigenvalue weighted by atomic mass is 32.2. The number of carbonyl (C=O) groups is 2. The molecule has 1 saturated heterocycles. The summed E-state index contributed by atoms with van der Waals surface area (Å²) in [7, 11) is 0. The Morgan fingerprint density at radius 3 is 2.13 bits per heavy atom. The fraction of sp³-hybridized carbons (Fsp3) is 0.324. The molecule has 1 N–H and O–H groups in total. The number of carboxylic acid groups (broad SMARTS) is 1. The van der Waals surface area contributed by atoms with Gasteiger partial charge in [-0.25, -0.2) is 9.78 Å². The van der Waals surface area contributed by atoms with E-state index in [1.54, 1.807) is 30.8 Å². The van der Waals surface area contributed by atoms with E-state index >= 15 is 0 Å². The van der Waals surface area contributed by atoms with Crippen LogP contribution in [-0.2, 0) is 23.3 Å². The van der Waals surface area contributed by atoms with E-state index < -0.39 is 23.3 Å². The first-order valence-electron chi connectivity index (χ1n) is 14.7. The minimum absolute atomic E-state index is 0.0371. The number of carboxylic acids is 1. The highest BCUT2D eigenvalue weighted by Crippen LogP contribution is 2.36. The molecule has 5 rings (SSSR count). The first-order valence-corrected chi connectivity index (χ1v) is 16.5. The van der Waals surface area contributed by atoms with Gasteiger partial charge in [0.25, 0.3) is 0 Å². The maximum absolute atomic E-state index is 13.2. The molecule has 0 saturated carbocycles. The number of ketones is 1. The van der Waals surface area contributed by atoms with E-state index in [-0.39, 0.29) is 5.78 Å². The number of carbonyl (C=O) groups excluding carboxylic acids is 1. The molecule has 0 aliphatic carbocycles. The van der Waals surface area contributed by atoms with Crippen molar-refractivity contribution in [3.63, 3.8) is 0 Å². The van der Waals surface area contributed by atoms with Crippen LogP contribution in [-0.4, -0.2) is 58.5 Å². The van der Waals surface area contributed by atoms with Gasteiger partial charge in [-0.2, -0.15) is 13.2 Å². The molecule has 1 aromatic heterocycles. The van der Waals surface area contributed by atoms with Crippen molar-refractivity contribution >= 4 is 40.5 Å². The molecule has 4 aromatic rings. The van der Waals surface area contributed by atoms with Crippen molar-refractivity contribution < 1.29 is 32.6 Å². The number of anilines is 1. The lowest BCUT2D eigenvalue weighted by molar-refractivity contribution is -0.152.